The number of Topliss-reactive ketones (excluding diaryl/α,β-unsaturated/α-hetero) is 1. The molecule has 2 fully saturated rings. The average molecular weight is 469 g/mol. The number of amides is 1. The highest BCUT2D eigenvalue weighted by Crippen LogP contribution is 2.32. The molecule has 0 atom stereocenters. The van der Waals surface area contributed by atoms with E-state index in [-0.39, 0.29) is 5.56 Å². The van der Waals surface area contributed by atoms with Gasteiger partial charge in [0, 0.05) is 10.9 Å². The zero-order chi connectivity index (χ0) is 23.2. The molecule has 1 saturated carbocycles. The minimum absolute atomic E-state index is 0.284. The number of aromatic amines is 1. The molecule has 33 heavy (non-hydrogen) atoms. The first-order valence-electron chi connectivity index (χ1n) is 11.4. The molecule has 3 aromatic rings. The van der Waals surface area contributed by atoms with Gasteiger partial charge in [0.2, 0.25) is 5.78 Å². The summed E-state index contributed by atoms with van der Waals surface area (Å²) in [6.45, 7) is 3.79. The minimum Gasteiger partial charge on any atom is -0.489 e. The van der Waals surface area contributed by atoms with E-state index in [1.807, 2.05) is 6.07 Å². The summed E-state index contributed by atoms with van der Waals surface area (Å²) < 4.78 is 5.76. The van der Waals surface area contributed by atoms with Crippen LogP contribution in [-0.4, -0.2) is 52.5 Å². The van der Waals surface area contributed by atoms with Gasteiger partial charge >= 0.3 is 0 Å². The number of aryl methyl sites for hydroxylation is 1. The Kier molecular flexibility index (Phi) is 7.62. The summed E-state index contributed by atoms with van der Waals surface area (Å²) in [4.78, 5) is 24.4. The van der Waals surface area contributed by atoms with Gasteiger partial charge in [-0.2, -0.15) is 5.10 Å². The minimum atomic E-state index is -0.951. The maximum absolute atomic E-state index is 11.2. The number of nitrogens with two attached hydrogens (primary N) is 1. The third kappa shape index (κ3) is 6.55. The van der Waals surface area contributed by atoms with Crippen molar-refractivity contribution in [1.29, 1.82) is 0 Å². The number of H-pyrrole nitrogens is 1. The Morgan fingerprint density at radius 2 is 1.94 bits per heavy atom. The van der Waals surface area contributed by atoms with Gasteiger partial charge in [0.15, 0.2) is 0 Å². The van der Waals surface area contributed by atoms with Crippen molar-refractivity contribution in [3.63, 3.8) is 0 Å². The lowest BCUT2D eigenvalue weighted by Crippen LogP contribution is -2.22. The van der Waals surface area contributed by atoms with Crippen LogP contribution in [0.25, 0.3) is 10.9 Å². The fourth-order valence-corrected chi connectivity index (χ4v) is 4.15. The summed E-state index contributed by atoms with van der Waals surface area (Å²) in [5.41, 5.74) is 7.30. The van der Waals surface area contributed by atoms with Gasteiger partial charge in [-0.1, -0.05) is 17.7 Å². The third-order valence-corrected chi connectivity index (χ3v) is 6.17. The number of benzene rings is 2. The second-order valence-corrected chi connectivity index (χ2v) is 9.01. The van der Waals surface area contributed by atoms with Crippen molar-refractivity contribution in [2.24, 2.45) is 5.73 Å². The number of halogens is 1. The number of nitrogens with one attached hydrogen (secondary N) is 1. The zero-order valence-electron chi connectivity index (χ0n) is 18.6. The number of fused-ring (bicyclic) bond motifs is 1. The van der Waals surface area contributed by atoms with Crippen molar-refractivity contribution in [3.8, 4) is 5.75 Å². The molecule has 1 aromatic heterocycles. The Morgan fingerprint density at radius 1 is 1.15 bits per heavy atom. The monoisotopic (exact) mass is 468 g/mol. The number of hydrogen-bond donors (Lipinski definition) is 2. The largest absolute Gasteiger partial charge is 0.489 e. The van der Waals surface area contributed by atoms with Crippen LogP contribution in [0.2, 0.25) is 5.02 Å². The molecular formula is C25H29ClN4O3. The van der Waals surface area contributed by atoms with Crippen LogP contribution in [-0.2, 0) is 11.2 Å². The van der Waals surface area contributed by atoms with Gasteiger partial charge in [0.1, 0.15) is 5.75 Å². The van der Waals surface area contributed by atoms with Crippen molar-refractivity contribution in [3.05, 3.63) is 58.7 Å². The van der Waals surface area contributed by atoms with E-state index in [0.29, 0.717) is 6.10 Å². The van der Waals surface area contributed by atoms with E-state index in [0.717, 1.165) is 28.1 Å². The van der Waals surface area contributed by atoms with Gasteiger partial charge in [0.25, 0.3) is 5.91 Å². The first-order valence-corrected chi connectivity index (χ1v) is 11.8. The molecule has 2 aromatic carbocycles. The summed E-state index contributed by atoms with van der Waals surface area (Å²) in [5, 5.41) is 8.08. The molecule has 3 N–H and O–H groups in total. The quantitative estimate of drug-likeness (QED) is 0.382. The SMILES string of the molecule is Clc1cc(CCCN2CCCC2)ccc1OC1CC1.NC(=O)C(=O)c1ccc2[nH]ncc2c1. The normalized spacial score (nSPS) is 15.8. The Labute approximate surface area is 198 Å². The Balaban J connectivity index is 0.000000165. The number of hydrogen-bond acceptors (Lipinski definition) is 5. The van der Waals surface area contributed by atoms with Crippen LogP contribution in [0.4, 0.5) is 0 Å². The summed E-state index contributed by atoms with van der Waals surface area (Å²) in [6, 6.07) is 11.1. The summed E-state index contributed by atoms with van der Waals surface area (Å²) in [5.74, 6) is -0.784. The van der Waals surface area contributed by atoms with Gasteiger partial charge in [-0.3, -0.25) is 14.7 Å². The molecule has 5 rings (SSSR count). The Morgan fingerprint density at radius 3 is 2.64 bits per heavy atom. The van der Waals surface area contributed by atoms with Crippen LogP contribution in [0.1, 0.15) is 48.0 Å². The summed E-state index contributed by atoms with van der Waals surface area (Å²) in [6.07, 6.45) is 9.42. The van der Waals surface area contributed by atoms with Crippen LogP contribution in [0.15, 0.2) is 42.6 Å². The Bertz CT molecular complexity index is 1120. The van der Waals surface area contributed by atoms with E-state index in [1.165, 1.54) is 63.4 Å². The lowest BCUT2D eigenvalue weighted by atomic mass is 10.1. The highest BCUT2D eigenvalue weighted by Gasteiger charge is 2.24. The number of ether oxygens (including phenoxy) is 1. The molecule has 8 heteroatoms. The van der Waals surface area contributed by atoms with Gasteiger partial charge in [-0.05, 0) is 94.1 Å². The summed E-state index contributed by atoms with van der Waals surface area (Å²) >= 11 is 6.27. The molecule has 1 amide bonds. The fourth-order valence-electron chi connectivity index (χ4n) is 3.90. The van der Waals surface area contributed by atoms with Crippen LogP contribution < -0.4 is 10.5 Å². The van der Waals surface area contributed by atoms with Crippen molar-refractivity contribution in [2.45, 2.75) is 44.6 Å². The van der Waals surface area contributed by atoms with Crippen LogP contribution in [0, 0.1) is 0 Å². The maximum Gasteiger partial charge on any atom is 0.289 e. The van der Waals surface area contributed by atoms with Gasteiger partial charge in [-0.15, -0.1) is 0 Å². The first-order chi connectivity index (χ1) is 16.0. The second-order valence-electron chi connectivity index (χ2n) is 8.60. The maximum atomic E-state index is 11.2. The van der Waals surface area contributed by atoms with Gasteiger partial charge in [-0.25, -0.2) is 0 Å². The molecule has 174 valence electrons. The van der Waals surface area contributed by atoms with Gasteiger partial charge in [0.05, 0.1) is 22.8 Å². The fraction of sp³-hybridized carbons (Fsp3) is 0.400. The molecule has 1 aliphatic heterocycles. The average Bonchev–Trinajstić information content (AvgIpc) is 3.26. The summed E-state index contributed by atoms with van der Waals surface area (Å²) in [7, 11) is 0. The number of rotatable bonds is 8. The first kappa shape index (κ1) is 23.3. The second kappa shape index (κ2) is 10.8. The van der Waals surface area contributed by atoms with E-state index in [1.54, 1.807) is 18.3 Å². The standard InChI is InChI=1S/C16H22ClNO.C9H7N3O2/c17-15-12-13(4-3-11-18-9-1-2-10-18)5-8-16(15)19-14-6-7-14;10-9(14)8(13)5-1-2-7-6(3-5)4-11-12-7/h5,8,12,14H,1-4,6-7,9-11H2;1-4H,(H2,10,14)(H,11,12). The smallest absolute Gasteiger partial charge is 0.289 e. The lowest BCUT2D eigenvalue weighted by molar-refractivity contribution is -0.114. The molecule has 0 spiro atoms. The van der Waals surface area contributed by atoms with Crippen molar-refractivity contribution in [1.82, 2.24) is 15.1 Å². The lowest BCUT2D eigenvalue weighted by Gasteiger charge is -2.14. The van der Waals surface area contributed by atoms with E-state index in [9.17, 15) is 9.59 Å². The van der Waals surface area contributed by atoms with Crippen LogP contribution >= 0.6 is 11.6 Å². The molecule has 7 nitrogen and oxygen atoms in total. The number of carbonyl (C=O) groups is 2. The van der Waals surface area contributed by atoms with Crippen LogP contribution in [0.5, 0.6) is 5.75 Å². The topological polar surface area (TPSA) is 101 Å². The number of primary amides is 1. The predicted molar refractivity (Wildman–Crippen MR) is 129 cm³/mol. The van der Waals surface area contributed by atoms with E-state index < -0.39 is 11.7 Å². The molecule has 1 aliphatic carbocycles. The highest BCUT2D eigenvalue weighted by molar-refractivity contribution is 6.42. The molecule has 2 aliphatic rings. The molecular weight excluding hydrogens is 440 g/mol. The number of aromatic nitrogens is 2. The predicted octanol–water partition coefficient (Wildman–Crippen LogP) is 4.14. The van der Waals surface area contributed by atoms with Crippen molar-refractivity contribution < 1.29 is 14.3 Å². The number of carbonyl (C=O) groups excluding carboxylic acids is 2. The number of nitrogens with zero attached hydrogens (tertiary/aromatic N) is 2. The van der Waals surface area contributed by atoms with Gasteiger partial charge < -0.3 is 15.4 Å². The zero-order valence-corrected chi connectivity index (χ0v) is 19.3. The van der Waals surface area contributed by atoms with Crippen molar-refractivity contribution in [2.75, 3.05) is 19.6 Å². The number of ketones is 1. The van der Waals surface area contributed by atoms with Crippen molar-refractivity contribution >= 4 is 34.2 Å². The van der Waals surface area contributed by atoms with E-state index in [4.69, 9.17) is 22.1 Å². The van der Waals surface area contributed by atoms with E-state index in [2.05, 4.69) is 27.2 Å². The highest BCUT2D eigenvalue weighted by atomic mass is 35.5. The molecule has 0 bridgehead atoms. The van der Waals surface area contributed by atoms with Crippen LogP contribution in [0.3, 0.4) is 0 Å². The molecule has 0 unspecified atom stereocenters. The molecule has 1 saturated heterocycles. The number of likely N-dealkylation sites (tertiary alicyclic amines) is 1. The van der Waals surface area contributed by atoms with E-state index >= 15 is 0 Å². The Hall–Kier alpha value is -2.90. The third-order valence-electron chi connectivity index (χ3n) is 5.88. The molecule has 0 radical (unpaired) electrons. The molecule has 2 heterocycles.